The molecule has 5 nitrogen and oxygen atoms in total. The molecule has 0 radical (unpaired) electrons. The van der Waals surface area contributed by atoms with Crippen molar-refractivity contribution in [1.82, 2.24) is 9.80 Å². The van der Waals surface area contributed by atoms with E-state index in [4.69, 9.17) is 14.7 Å². The SMILES string of the molecule is CN(C)CCOC[C@H]1CCC[C@]12CN(Cc1cccc(C#N)c1)CCO2. The number of nitrogens with zero attached hydrogens (tertiary/aromatic N) is 3. The fraction of sp³-hybridized carbons (Fsp3) is 0.667. The minimum Gasteiger partial charge on any atom is -0.380 e. The Hall–Kier alpha value is -1.45. The molecule has 1 saturated carbocycles. The molecule has 5 heteroatoms. The highest BCUT2D eigenvalue weighted by atomic mass is 16.5. The third kappa shape index (κ3) is 4.83. The number of ether oxygens (including phenoxy) is 2. The molecule has 0 aromatic heterocycles. The number of likely N-dealkylation sites (N-methyl/N-ethyl adjacent to an activating group) is 1. The third-order valence-electron chi connectivity index (χ3n) is 5.65. The summed E-state index contributed by atoms with van der Waals surface area (Å²) < 4.78 is 12.3. The van der Waals surface area contributed by atoms with Crippen molar-refractivity contribution in [3.05, 3.63) is 35.4 Å². The molecule has 2 aliphatic rings. The van der Waals surface area contributed by atoms with E-state index in [9.17, 15) is 0 Å². The van der Waals surface area contributed by atoms with Crippen LogP contribution in [0.3, 0.4) is 0 Å². The van der Waals surface area contributed by atoms with E-state index in [2.05, 4.69) is 36.0 Å². The minimum atomic E-state index is -0.0524. The van der Waals surface area contributed by atoms with Gasteiger partial charge in [-0.05, 0) is 44.6 Å². The molecule has 0 unspecified atom stereocenters. The average molecular weight is 357 g/mol. The van der Waals surface area contributed by atoms with Gasteiger partial charge in [0.15, 0.2) is 0 Å². The van der Waals surface area contributed by atoms with Crippen molar-refractivity contribution in [2.24, 2.45) is 5.92 Å². The maximum Gasteiger partial charge on any atom is 0.0991 e. The van der Waals surface area contributed by atoms with E-state index in [1.54, 1.807) is 0 Å². The van der Waals surface area contributed by atoms with Crippen molar-refractivity contribution in [3.63, 3.8) is 0 Å². The quantitative estimate of drug-likeness (QED) is 0.702. The fourth-order valence-electron chi connectivity index (χ4n) is 4.23. The van der Waals surface area contributed by atoms with Gasteiger partial charge in [0.1, 0.15) is 0 Å². The maximum absolute atomic E-state index is 9.11. The average Bonchev–Trinajstić information content (AvgIpc) is 3.00. The first-order valence-electron chi connectivity index (χ1n) is 9.69. The van der Waals surface area contributed by atoms with Gasteiger partial charge in [-0.1, -0.05) is 18.6 Å². The monoisotopic (exact) mass is 357 g/mol. The molecular weight excluding hydrogens is 326 g/mol. The second-order valence-corrected chi connectivity index (χ2v) is 7.90. The topological polar surface area (TPSA) is 48.7 Å². The van der Waals surface area contributed by atoms with Gasteiger partial charge in [0.2, 0.25) is 0 Å². The van der Waals surface area contributed by atoms with Crippen LogP contribution in [0.4, 0.5) is 0 Å². The fourth-order valence-corrected chi connectivity index (χ4v) is 4.23. The minimum absolute atomic E-state index is 0.0524. The van der Waals surface area contributed by atoms with Gasteiger partial charge in [-0.2, -0.15) is 5.26 Å². The molecule has 1 aliphatic carbocycles. The standard InChI is InChI=1S/C21H31N3O2/c1-23(2)9-11-25-16-20-7-4-8-21(20)17-24(10-12-26-21)15-19-6-3-5-18(13-19)14-22/h3,5-6,13,20H,4,7-12,15-17H2,1-2H3/t20-,21+/m1/s1. The van der Waals surface area contributed by atoms with E-state index >= 15 is 0 Å². The predicted octanol–water partition coefficient (Wildman–Crippen LogP) is 2.51. The summed E-state index contributed by atoms with van der Waals surface area (Å²) in [6, 6.07) is 10.2. The van der Waals surface area contributed by atoms with Gasteiger partial charge in [-0.15, -0.1) is 0 Å². The molecule has 0 N–H and O–H groups in total. The summed E-state index contributed by atoms with van der Waals surface area (Å²) in [5, 5.41) is 9.11. The number of hydrogen-bond donors (Lipinski definition) is 0. The highest BCUT2D eigenvalue weighted by molar-refractivity contribution is 5.32. The van der Waals surface area contributed by atoms with Crippen molar-refractivity contribution in [1.29, 1.82) is 5.26 Å². The van der Waals surface area contributed by atoms with Crippen LogP contribution in [0.2, 0.25) is 0 Å². The van der Waals surface area contributed by atoms with Gasteiger partial charge in [0, 0.05) is 32.1 Å². The maximum atomic E-state index is 9.11. The Morgan fingerprint density at radius 3 is 3.12 bits per heavy atom. The molecule has 0 bridgehead atoms. The van der Waals surface area contributed by atoms with Crippen molar-refractivity contribution >= 4 is 0 Å². The first-order valence-corrected chi connectivity index (χ1v) is 9.69. The highest BCUT2D eigenvalue weighted by Crippen LogP contribution is 2.41. The van der Waals surface area contributed by atoms with Crippen LogP contribution in [0.5, 0.6) is 0 Å². The molecular formula is C21H31N3O2. The molecule has 1 spiro atoms. The van der Waals surface area contributed by atoms with E-state index in [1.807, 2.05) is 18.2 Å². The molecule has 142 valence electrons. The predicted molar refractivity (Wildman–Crippen MR) is 102 cm³/mol. The van der Waals surface area contributed by atoms with E-state index < -0.39 is 0 Å². The van der Waals surface area contributed by atoms with E-state index in [-0.39, 0.29) is 5.60 Å². The molecule has 1 saturated heterocycles. The van der Waals surface area contributed by atoms with Crippen LogP contribution in [-0.4, -0.2) is 69.0 Å². The van der Waals surface area contributed by atoms with Crippen molar-refractivity contribution < 1.29 is 9.47 Å². The summed E-state index contributed by atoms with van der Waals surface area (Å²) in [6.45, 7) is 6.12. The summed E-state index contributed by atoms with van der Waals surface area (Å²) in [5.74, 6) is 0.484. The highest BCUT2D eigenvalue weighted by Gasteiger charge is 2.46. The molecule has 1 aliphatic heterocycles. The Morgan fingerprint density at radius 1 is 1.42 bits per heavy atom. The smallest absolute Gasteiger partial charge is 0.0991 e. The van der Waals surface area contributed by atoms with Crippen LogP contribution in [-0.2, 0) is 16.0 Å². The van der Waals surface area contributed by atoms with Crippen LogP contribution < -0.4 is 0 Å². The lowest BCUT2D eigenvalue weighted by Crippen LogP contribution is -2.54. The molecule has 3 rings (SSSR count). The Bertz CT molecular complexity index is 628. The summed E-state index contributed by atoms with van der Waals surface area (Å²) >= 11 is 0. The molecule has 26 heavy (non-hydrogen) atoms. The number of rotatable bonds is 7. The molecule has 0 amide bonds. The van der Waals surface area contributed by atoms with Gasteiger partial charge in [-0.25, -0.2) is 0 Å². The third-order valence-corrected chi connectivity index (χ3v) is 5.65. The van der Waals surface area contributed by atoms with Gasteiger partial charge in [0.25, 0.3) is 0 Å². The lowest BCUT2D eigenvalue weighted by molar-refractivity contribution is -0.143. The number of nitriles is 1. The normalized spacial score (nSPS) is 26.5. The van der Waals surface area contributed by atoms with Crippen molar-refractivity contribution in [2.45, 2.75) is 31.4 Å². The second kappa shape index (κ2) is 8.96. The van der Waals surface area contributed by atoms with Crippen LogP contribution in [0, 0.1) is 17.2 Å². The summed E-state index contributed by atoms with van der Waals surface area (Å²) in [5.41, 5.74) is 1.89. The molecule has 1 aromatic carbocycles. The Labute approximate surface area is 157 Å². The molecule has 1 aromatic rings. The number of hydrogen-bond acceptors (Lipinski definition) is 5. The Balaban J connectivity index is 1.58. The first-order chi connectivity index (χ1) is 12.6. The summed E-state index contributed by atoms with van der Waals surface area (Å²) in [7, 11) is 4.15. The zero-order chi connectivity index (χ0) is 18.4. The van der Waals surface area contributed by atoms with Gasteiger partial charge < -0.3 is 14.4 Å². The Kier molecular flexibility index (Phi) is 6.66. The Morgan fingerprint density at radius 2 is 2.31 bits per heavy atom. The summed E-state index contributed by atoms with van der Waals surface area (Å²) in [4.78, 5) is 4.64. The van der Waals surface area contributed by atoms with Crippen LogP contribution >= 0.6 is 0 Å². The van der Waals surface area contributed by atoms with Gasteiger partial charge in [0.05, 0.1) is 37.1 Å². The van der Waals surface area contributed by atoms with Gasteiger partial charge in [-0.3, -0.25) is 4.90 Å². The number of morpholine rings is 1. The molecule has 2 atom stereocenters. The zero-order valence-electron chi connectivity index (χ0n) is 16.1. The molecule has 1 heterocycles. The van der Waals surface area contributed by atoms with Crippen molar-refractivity contribution in [2.75, 3.05) is 53.6 Å². The van der Waals surface area contributed by atoms with Crippen LogP contribution in [0.1, 0.15) is 30.4 Å². The lowest BCUT2D eigenvalue weighted by Gasteiger charge is -2.44. The molecule has 2 fully saturated rings. The summed E-state index contributed by atoms with van der Waals surface area (Å²) in [6.07, 6.45) is 3.54. The van der Waals surface area contributed by atoms with Crippen LogP contribution in [0.15, 0.2) is 24.3 Å². The second-order valence-electron chi connectivity index (χ2n) is 7.90. The van der Waals surface area contributed by atoms with Gasteiger partial charge >= 0.3 is 0 Å². The zero-order valence-corrected chi connectivity index (χ0v) is 16.1. The largest absolute Gasteiger partial charge is 0.380 e. The lowest BCUT2D eigenvalue weighted by atomic mass is 9.89. The van der Waals surface area contributed by atoms with E-state index in [0.29, 0.717) is 5.92 Å². The number of benzene rings is 1. The van der Waals surface area contributed by atoms with Crippen LogP contribution in [0.25, 0.3) is 0 Å². The van der Waals surface area contributed by atoms with Crippen molar-refractivity contribution in [3.8, 4) is 6.07 Å². The van der Waals surface area contributed by atoms with E-state index in [0.717, 1.165) is 58.0 Å². The van der Waals surface area contributed by atoms with E-state index in [1.165, 1.54) is 18.4 Å². The first kappa shape index (κ1) is 19.3.